The summed E-state index contributed by atoms with van der Waals surface area (Å²) in [4.78, 5) is 22.8. The Morgan fingerprint density at radius 1 is 1.27 bits per heavy atom. The van der Waals surface area contributed by atoms with E-state index in [1.54, 1.807) is 12.3 Å². The second kappa shape index (κ2) is 7.68. The molecule has 5 rings (SSSR count). The second-order valence-corrected chi connectivity index (χ2v) is 7.94. The van der Waals surface area contributed by atoms with Crippen LogP contribution in [0.1, 0.15) is 31.4 Å². The van der Waals surface area contributed by atoms with E-state index >= 15 is 0 Å². The number of carboxylic acids is 1. The number of anilines is 1. The maximum Gasteiger partial charge on any atom is 0.306 e. The zero-order chi connectivity index (χ0) is 20.7. The lowest BCUT2D eigenvalue weighted by molar-refractivity contribution is -0.142. The Morgan fingerprint density at radius 3 is 2.80 bits per heavy atom. The maximum atomic E-state index is 14.5. The normalized spacial score (nSPS) is 17.6. The molecule has 0 amide bonds. The molecule has 0 atom stereocenters. The van der Waals surface area contributed by atoms with Crippen molar-refractivity contribution < 1.29 is 23.4 Å². The molecule has 1 aromatic carbocycles. The van der Waals surface area contributed by atoms with Gasteiger partial charge in [0.25, 0.3) is 0 Å². The number of hydrogen-bond acceptors (Lipinski definition) is 6. The van der Waals surface area contributed by atoms with Gasteiger partial charge in [-0.25, -0.2) is 9.37 Å². The molecule has 2 aromatic heterocycles. The number of hydrogen-bond donors (Lipinski definition) is 1. The standard InChI is InChI=1S/C22H22FN3O4/c23-18-10-15(9-14-5-8-29-20(14)18)19-21(26-6-3-13(4-7-26)22(27)28)25-16(11-24-19)12-30-17-1-2-17/h5,8-11,13,17H,1-4,6-7,12H2,(H,27,28). The summed E-state index contributed by atoms with van der Waals surface area (Å²) in [6.07, 6.45) is 6.65. The predicted octanol–water partition coefficient (Wildman–Crippen LogP) is 4.01. The fourth-order valence-corrected chi connectivity index (χ4v) is 3.86. The van der Waals surface area contributed by atoms with Crippen LogP contribution >= 0.6 is 0 Å². The van der Waals surface area contributed by atoms with E-state index in [9.17, 15) is 14.3 Å². The zero-order valence-corrected chi connectivity index (χ0v) is 16.4. The molecule has 3 aromatic rings. The van der Waals surface area contributed by atoms with Crippen LogP contribution in [0.15, 0.2) is 35.1 Å². The highest BCUT2D eigenvalue weighted by molar-refractivity contribution is 5.85. The molecule has 0 unspecified atom stereocenters. The van der Waals surface area contributed by atoms with Crippen molar-refractivity contribution in [3.63, 3.8) is 0 Å². The van der Waals surface area contributed by atoms with Crippen LogP contribution in [-0.4, -0.2) is 40.2 Å². The summed E-state index contributed by atoms with van der Waals surface area (Å²) < 4.78 is 25.5. The van der Waals surface area contributed by atoms with E-state index in [2.05, 4.69) is 4.98 Å². The molecule has 156 valence electrons. The predicted molar refractivity (Wildman–Crippen MR) is 108 cm³/mol. The van der Waals surface area contributed by atoms with Crippen molar-refractivity contribution in [3.8, 4) is 11.3 Å². The molecule has 7 nitrogen and oxygen atoms in total. The first-order chi connectivity index (χ1) is 14.6. The summed E-state index contributed by atoms with van der Waals surface area (Å²) in [5, 5.41) is 9.95. The molecule has 1 N–H and O–H groups in total. The smallest absolute Gasteiger partial charge is 0.306 e. The van der Waals surface area contributed by atoms with E-state index in [0.717, 1.165) is 12.8 Å². The highest BCUT2D eigenvalue weighted by atomic mass is 19.1. The van der Waals surface area contributed by atoms with E-state index in [-0.39, 0.29) is 11.5 Å². The van der Waals surface area contributed by atoms with E-state index < -0.39 is 11.8 Å². The van der Waals surface area contributed by atoms with Crippen molar-refractivity contribution in [2.24, 2.45) is 5.92 Å². The number of benzene rings is 1. The van der Waals surface area contributed by atoms with Crippen molar-refractivity contribution in [2.75, 3.05) is 18.0 Å². The molecule has 3 heterocycles. The van der Waals surface area contributed by atoms with Gasteiger partial charge in [-0.15, -0.1) is 0 Å². The van der Waals surface area contributed by atoms with E-state index in [1.165, 1.54) is 12.3 Å². The van der Waals surface area contributed by atoms with Crippen LogP contribution in [0.2, 0.25) is 0 Å². The third kappa shape index (κ3) is 3.75. The molecule has 1 aliphatic carbocycles. The number of furan rings is 1. The first-order valence-corrected chi connectivity index (χ1v) is 10.2. The quantitative estimate of drug-likeness (QED) is 0.656. The largest absolute Gasteiger partial charge is 0.481 e. The van der Waals surface area contributed by atoms with Gasteiger partial charge < -0.3 is 19.2 Å². The van der Waals surface area contributed by atoms with Gasteiger partial charge in [-0.05, 0) is 43.9 Å². The highest BCUT2D eigenvalue weighted by Gasteiger charge is 2.28. The minimum Gasteiger partial charge on any atom is -0.481 e. The van der Waals surface area contributed by atoms with Crippen molar-refractivity contribution in [3.05, 3.63) is 42.2 Å². The van der Waals surface area contributed by atoms with Crippen molar-refractivity contribution in [1.29, 1.82) is 0 Å². The first kappa shape index (κ1) is 19.0. The van der Waals surface area contributed by atoms with Gasteiger partial charge >= 0.3 is 5.97 Å². The average molecular weight is 411 g/mol. The van der Waals surface area contributed by atoms with Crippen molar-refractivity contribution >= 4 is 22.8 Å². The molecule has 8 heteroatoms. The molecule has 2 aliphatic rings. The summed E-state index contributed by atoms with van der Waals surface area (Å²) >= 11 is 0. The van der Waals surface area contributed by atoms with Crippen LogP contribution in [0.3, 0.4) is 0 Å². The van der Waals surface area contributed by atoms with Gasteiger partial charge in [0, 0.05) is 24.0 Å². The first-order valence-electron chi connectivity index (χ1n) is 10.2. The van der Waals surface area contributed by atoms with Gasteiger partial charge in [-0.1, -0.05) is 0 Å². The third-order valence-corrected chi connectivity index (χ3v) is 5.72. The number of ether oxygens (including phenoxy) is 1. The second-order valence-electron chi connectivity index (χ2n) is 7.94. The minimum absolute atomic E-state index is 0.213. The molecule has 30 heavy (non-hydrogen) atoms. The maximum absolute atomic E-state index is 14.5. The molecular formula is C22H22FN3O4. The Labute approximate surface area is 172 Å². The molecule has 0 bridgehead atoms. The fourth-order valence-electron chi connectivity index (χ4n) is 3.86. The molecule has 1 aliphatic heterocycles. The summed E-state index contributed by atoms with van der Waals surface area (Å²) in [6.45, 7) is 1.50. The molecule has 1 saturated carbocycles. The van der Waals surface area contributed by atoms with Gasteiger partial charge in [-0.3, -0.25) is 9.78 Å². The summed E-state index contributed by atoms with van der Waals surface area (Å²) in [5.41, 5.74) is 2.11. The van der Waals surface area contributed by atoms with Crippen LogP contribution in [0.25, 0.3) is 22.2 Å². The lowest BCUT2D eigenvalue weighted by Gasteiger charge is -2.32. The summed E-state index contributed by atoms with van der Waals surface area (Å²) in [7, 11) is 0. The van der Waals surface area contributed by atoms with Gasteiger partial charge in [0.2, 0.25) is 0 Å². The number of carbonyl (C=O) groups is 1. The van der Waals surface area contributed by atoms with Crippen LogP contribution in [0.4, 0.5) is 10.2 Å². The molecular weight excluding hydrogens is 389 g/mol. The number of aromatic nitrogens is 2. The van der Waals surface area contributed by atoms with Crippen molar-refractivity contribution in [2.45, 2.75) is 38.4 Å². The van der Waals surface area contributed by atoms with Crippen LogP contribution in [0.5, 0.6) is 0 Å². The molecule has 1 saturated heterocycles. The summed E-state index contributed by atoms with van der Waals surface area (Å²) in [6, 6.07) is 4.95. The lowest BCUT2D eigenvalue weighted by Crippen LogP contribution is -2.37. The Bertz CT molecular complexity index is 1090. The fraction of sp³-hybridized carbons (Fsp3) is 0.409. The Morgan fingerprint density at radius 2 is 2.07 bits per heavy atom. The van der Waals surface area contributed by atoms with E-state index in [0.29, 0.717) is 66.8 Å². The van der Waals surface area contributed by atoms with Crippen LogP contribution in [-0.2, 0) is 16.1 Å². The Balaban J connectivity index is 1.50. The third-order valence-electron chi connectivity index (χ3n) is 5.72. The number of carboxylic acid groups (broad SMARTS) is 1. The van der Waals surface area contributed by atoms with Crippen LogP contribution < -0.4 is 4.90 Å². The summed E-state index contributed by atoms with van der Waals surface area (Å²) in [5.74, 6) is -0.928. The molecule has 0 spiro atoms. The van der Waals surface area contributed by atoms with Gasteiger partial charge in [0.15, 0.2) is 17.2 Å². The number of rotatable bonds is 6. The van der Waals surface area contributed by atoms with Crippen molar-refractivity contribution in [1.82, 2.24) is 9.97 Å². The number of piperidine rings is 1. The van der Waals surface area contributed by atoms with E-state index in [1.807, 2.05) is 11.0 Å². The van der Waals surface area contributed by atoms with Crippen LogP contribution in [0, 0.1) is 11.7 Å². The number of aliphatic carboxylic acids is 1. The molecule has 0 radical (unpaired) electrons. The topological polar surface area (TPSA) is 88.7 Å². The molecule has 2 fully saturated rings. The van der Waals surface area contributed by atoms with Gasteiger partial charge in [0.05, 0.1) is 36.8 Å². The van der Waals surface area contributed by atoms with Gasteiger partial charge in [-0.2, -0.15) is 0 Å². The van der Waals surface area contributed by atoms with Gasteiger partial charge in [0.1, 0.15) is 5.69 Å². The van der Waals surface area contributed by atoms with E-state index in [4.69, 9.17) is 14.1 Å². The number of nitrogens with zero attached hydrogens (tertiary/aromatic N) is 3. The number of fused-ring (bicyclic) bond motifs is 1. The highest BCUT2D eigenvalue weighted by Crippen LogP contribution is 2.34. The minimum atomic E-state index is -0.764. The Kier molecular flexibility index (Phi) is 4.86. The monoisotopic (exact) mass is 411 g/mol. The Hall–Kier alpha value is -3.00. The SMILES string of the molecule is O=C(O)C1CCN(c2nc(COC3CC3)cnc2-c2cc(F)c3occc3c2)CC1. The lowest BCUT2D eigenvalue weighted by atomic mass is 9.97. The number of halogens is 1. The average Bonchev–Trinajstić information content (AvgIpc) is 3.46. The zero-order valence-electron chi connectivity index (χ0n) is 16.4.